The maximum Gasteiger partial charge on any atom is 0.123 e. The Kier molecular flexibility index (Phi) is 4.65. The lowest BCUT2D eigenvalue weighted by molar-refractivity contribution is 0.382. The second kappa shape index (κ2) is 5.79. The number of rotatable bonds is 5. The van der Waals surface area contributed by atoms with Gasteiger partial charge in [0.2, 0.25) is 0 Å². The maximum absolute atomic E-state index is 13.1. The molecule has 2 nitrogen and oxygen atoms in total. The van der Waals surface area contributed by atoms with E-state index in [-0.39, 0.29) is 11.9 Å². The molecule has 0 aliphatic heterocycles. The van der Waals surface area contributed by atoms with Gasteiger partial charge in [-0.2, -0.15) is 5.26 Å². The van der Waals surface area contributed by atoms with Crippen molar-refractivity contribution in [3.63, 3.8) is 0 Å². The van der Waals surface area contributed by atoms with Gasteiger partial charge in [-0.15, -0.1) is 0 Å². The minimum absolute atomic E-state index is 0.258. The van der Waals surface area contributed by atoms with Gasteiger partial charge in [-0.05, 0) is 38.0 Å². The van der Waals surface area contributed by atoms with Crippen LogP contribution in [-0.4, -0.2) is 11.6 Å². The Hall–Kier alpha value is -1.40. The number of hydrogen-bond acceptors (Lipinski definition) is 2. The van der Waals surface area contributed by atoms with E-state index < -0.39 is 5.54 Å². The van der Waals surface area contributed by atoms with Crippen molar-refractivity contribution in [2.24, 2.45) is 0 Å². The highest BCUT2D eigenvalue weighted by atomic mass is 19.1. The summed E-state index contributed by atoms with van der Waals surface area (Å²) >= 11 is 0. The number of nitrogens with zero attached hydrogens (tertiary/aromatic N) is 1. The number of nitriles is 1. The molecule has 0 bridgehead atoms. The maximum atomic E-state index is 13.1. The highest BCUT2D eigenvalue weighted by molar-refractivity contribution is 5.22. The fourth-order valence-corrected chi connectivity index (χ4v) is 1.82. The van der Waals surface area contributed by atoms with Gasteiger partial charge in [0.15, 0.2) is 0 Å². The molecule has 17 heavy (non-hydrogen) atoms. The third kappa shape index (κ3) is 4.16. The predicted molar refractivity (Wildman–Crippen MR) is 67.0 cm³/mol. The molecule has 0 spiro atoms. The zero-order valence-electron chi connectivity index (χ0n) is 10.6. The third-order valence-electron chi connectivity index (χ3n) is 2.87. The van der Waals surface area contributed by atoms with E-state index >= 15 is 0 Å². The summed E-state index contributed by atoms with van der Waals surface area (Å²) in [7, 11) is 0. The number of halogens is 1. The fourth-order valence-electron chi connectivity index (χ4n) is 1.82. The summed E-state index contributed by atoms with van der Waals surface area (Å²) in [5, 5.41) is 12.5. The Morgan fingerprint density at radius 2 is 2.24 bits per heavy atom. The van der Waals surface area contributed by atoms with Crippen LogP contribution < -0.4 is 5.32 Å². The van der Waals surface area contributed by atoms with Crippen molar-refractivity contribution in [2.75, 3.05) is 0 Å². The van der Waals surface area contributed by atoms with Crippen LogP contribution in [0.3, 0.4) is 0 Å². The van der Waals surface area contributed by atoms with Crippen LogP contribution in [-0.2, 0) is 6.42 Å². The lowest BCUT2D eigenvalue weighted by Crippen LogP contribution is -2.47. The largest absolute Gasteiger partial charge is 0.297 e. The number of benzene rings is 1. The van der Waals surface area contributed by atoms with Gasteiger partial charge in [-0.1, -0.05) is 19.1 Å². The number of nitrogens with one attached hydrogen (secondary N) is 1. The van der Waals surface area contributed by atoms with Crippen LogP contribution in [0, 0.1) is 17.1 Å². The first-order valence-corrected chi connectivity index (χ1v) is 5.92. The molecule has 0 saturated carbocycles. The molecule has 2 unspecified atom stereocenters. The normalized spacial score (nSPS) is 15.9. The summed E-state index contributed by atoms with van der Waals surface area (Å²) in [6.07, 6.45) is 1.46. The molecule has 0 heterocycles. The van der Waals surface area contributed by atoms with Crippen molar-refractivity contribution in [2.45, 2.75) is 45.2 Å². The molecule has 0 aromatic heterocycles. The van der Waals surface area contributed by atoms with Crippen LogP contribution in [0.5, 0.6) is 0 Å². The summed E-state index contributed by atoms with van der Waals surface area (Å²) in [6.45, 7) is 5.96. The van der Waals surface area contributed by atoms with Gasteiger partial charge in [0.05, 0.1) is 6.07 Å². The van der Waals surface area contributed by atoms with E-state index in [9.17, 15) is 9.65 Å². The second-order valence-corrected chi connectivity index (χ2v) is 4.70. The molecule has 0 radical (unpaired) electrons. The molecule has 0 amide bonds. The van der Waals surface area contributed by atoms with Gasteiger partial charge in [0, 0.05) is 12.5 Å². The number of hydrogen-bond donors (Lipinski definition) is 1. The standard InChI is InChI=1S/C14H19FN2/c1-4-11(2)17-14(3,10-16)9-12-6-5-7-13(15)8-12/h5-8,11,17H,4,9H2,1-3H3. The van der Waals surface area contributed by atoms with Crippen molar-refractivity contribution < 1.29 is 4.39 Å². The Balaban J connectivity index is 2.79. The average Bonchev–Trinajstić information content (AvgIpc) is 2.28. The second-order valence-electron chi connectivity index (χ2n) is 4.70. The molecular formula is C14H19FN2. The first kappa shape index (κ1) is 13.7. The highest BCUT2D eigenvalue weighted by Crippen LogP contribution is 2.15. The highest BCUT2D eigenvalue weighted by Gasteiger charge is 2.25. The van der Waals surface area contributed by atoms with Gasteiger partial charge < -0.3 is 0 Å². The molecule has 1 N–H and O–H groups in total. The first-order valence-electron chi connectivity index (χ1n) is 5.92. The molecule has 3 heteroatoms. The quantitative estimate of drug-likeness (QED) is 0.850. The molecule has 1 aromatic carbocycles. The van der Waals surface area contributed by atoms with Crippen LogP contribution in [0.1, 0.15) is 32.8 Å². The van der Waals surface area contributed by atoms with Gasteiger partial charge in [-0.25, -0.2) is 4.39 Å². The lowest BCUT2D eigenvalue weighted by atomic mass is 9.93. The molecule has 0 saturated heterocycles. The SMILES string of the molecule is CCC(C)NC(C)(C#N)Cc1cccc(F)c1. The van der Waals surface area contributed by atoms with Gasteiger partial charge >= 0.3 is 0 Å². The smallest absolute Gasteiger partial charge is 0.123 e. The van der Waals surface area contributed by atoms with Gasteiger partial charge in [0.1, 0.15) is 11.4 Å². The topological polar surface area (TPSA) is 35.8 Å². The molecule has 0 aliphatic carbocycles. The Morgan fingerprint density at radius 1 is 1.53 bits per heavy atom. The van der Waals surface area contributed by atoms with E-state index in [1.165, 1.54) is 12.1 Å². The first-order chi connectivity index (χ1) is 7.99. The van der Waals surface area contributed by atoms with E-state index in [0.29, 0.717) is 6.42 Å². The van der Waals surface area contributed by atoms with Gasteiger partial charge in [-0.3, -0.25) is 5.32 Å². The minimum atomic E-state index is -0.650. The van der Waals surface area contributed by atoms with Crippen molar-refractivity contribution in [3.8, 4) is 6.07 Å². The fraction of sp³-hybridized carbons (Fsp3) is 0.500. The van der Waals surface area contributed by atoms with Crippen molar-refractivity contribution in [3.05, 3.63) is 35.6 Å². The van der Waals surface area contributed by atoms with Crippen LogP contribution in [0.15, 0.2) is 24.3 Å². The molecular weight excluding hydrogens is 215 g/mol. The van der Waals surface area contributed by atoms with Gasteiger partial charge in [0.25, 0.3) is 0 Å². The van der Waals surface area contributed by atoms with E-state index in [0.717, 1.165) is 12.0 Å². The van der Waals surface area contributed by atoms with Crippen LogP contribution in [0.2, 0.25) is 0 Å². The Morgan fingerprint density at radius 3 is 2.76 bits per heavy atom. The third-order valence-corrected chi connectivity index (χ3v) is 2.87. The lowest BCUT2D eigenvalue weighted by Gasteiger charge is -2.27. The monoisotopic (exact) mass is 234 g/mol. The molecule has 1 rings (SSSR count). The molecule has 2 atom stereocenters. The summed E-state index contributed by atoms with van der Waals surface area (Å²) in [5.41, 5.74) is 0.188. The average molecular weight is 234 g/mol. The van der Waals surface area contributed by atoms with Crippen molar-refractivity contribution in [1.82, 2.24) is 5.32 Å². The predicted octanol–water partition coefficient (Wildman–Crippen LogP) is 3.04. The summed E-state index contributed by atoms with van der Waals surface area (Å²) < 4.78 is 13.1. The molecule has 0 aliphatic rings. The molecule has 1 aromatic rings. The van der Waals surface area contributed by atoms with Crippen LogP contribution >= 0.6 is 0 Å². The zero-order valence-corrected chi connectivity index (χ0v) is 10.6. The Labute approximate surface area is 102 Å². The van der Waals surface area contributed by atoms with Crippen molar-refractivity contribution in [1.29, 1.82) is 5.26 Å². The zero-order chi connectivity index (χ0) is 12.9. The molecule has 92 valence electrons. The minimum Gasteiger partial charge on any atom is -0.297 e. The van der Waals surface area contributed by atoms with E-state index in [1.807, 2.05) is 19.9 Å². The summed E-state index contributed by atoms with van der Waals surface area (Å²) in [5.74, 6) is -0.258. The summed E-state index contributed by atoms with van der Waals surface area (Å²) in [4.78, 5) is 0. The summed E-state index contributed by atoms with van der Waals surface area (Å²) in [6, 6.07) is 8.96. The molecule has 0 fully saturated rings. The van der Waals surface area contributed by atoms with Crippen molar-refractivity contribution >= 4 is 0 Å². The Bertz CT molecular complexity index is 411. The van der Waals surface area contributed by atoms with Crippen LogP contribution in [0.25, 0.3) is 0 Å². The van der Waals surface area contributed by atoms with E-state index in [1.54, 1.807) is 6.07 Å². The van der Waals surface area contributed by atoms with E-state index in [2.05, 4.69) is 18.3 Å². The van der Waals surface area contributed by atoms with Crippen LogP contribution in [0.4, 0.5) is 4.39 Å². The van der Waals surface area contributed by atoms with E-state index in [4.69, 9.17) is 0 Å².